The molecule has 4 nitrogen and oxygen atoms in total. The van der Waals surface area contributed by atoms with Crippen molar-refractivity contribution in [3.05, 3.63) is 23.9 Å². The first-order valence-electron chi connectivity index (χ1n) is 5.03. The maximum atomic E-state index is 13.1. The molecule has 0 bridgehead atoms. The Labute approximate surface area is 92.7 Å². The van der Waals surface area contributed by atoms with Crippen LogP contribution in [0.5, 0.6) is 0 Å². The molecule has 0 radical (unpaired) electrons. The number of aromatic nitrogens is 1. The molecule has 0 amide bonds. The van der Waals surface area contributed by atoms with Crippen LogP contribution in [0.4, 0.5) is 14.6 Å². The number of anilines is 1. The average molecular weight is 231 g/mol. The Bertz CT molecular complexity index is 334. The molecule has 0 aliphatic carbocycles. The monoisotopic (exact) mass is 231 g/mol. The third kappa shape index (κ3) is 4.50. The molecular weight excluding hydrogens is 216 g/mol. The van der Waals surface area contributed by atoms with Gasteiger partial charge in [0.25, 0.3) is 0 Å². The summed E-state index contributed by atoms with van der Waals surface area (Å²) in [6, 6.07) is 0.776. The van der Waals surface area contributed by atoms with E-state index in [9.17, 15) is 8.78 Å². The van der Waals surface area contributed by atoms with Crippen LogP contribution in [0, 0.1) is 11.6 Å². The lowest BCUT2D eigenvalue weighted by Gasteiger charge is -2.08. The fourth-order valence-electron chi connectivity index (χ4n) is 1.12. The van der Waals surface area contributed by atoms with Crippen molar-refractivity contribution in [3.63, 3.8) is 0 Å². The van der Waals surface area contributed by atoms with E-state index >= 15 is 0 Å². The standard InChI is InChI=1S/C10H15F2N3O/c1-7(16)5-13-2-3-14-10-9(12)4-8(11)6-15-10/h4,6-7,13,16H,2-3,5H2,1H3,(H,14,15). The van der Waals surface area contributed by atoms with E-state index < -0.39 is 17.7 Å². The number of nitrogens with zero attached hydrogens (tertiary/aromatic N) is 1. The zero-order valence-electron chi connectivity index (χ0n) is 9.00. The zero-order chi connectivity index (χ0) is 12.0. The number of aliphatic hydroxyl groups excluding tert-OH is 1. The third-order valence-electron chi connectivity index (χ3n) is 1.84. The highest BCUT2D eigenvalue weighted by Crippen LogP contribution is 2.10. The molecule has 0 aromatic carbocycles. The van der Waals surface area contributed by atoms with Gasteiger partial charge in [-0.2, -0.15) is 0 Å². The molecule has 1 atom stereocenters. The summed E-state index contributed by atoms with van der Waals surface area (Å²) in [5.41, 5.74) is 0. The lowest BCUT2D eigenvalue weighted by molar-refractivity contribution is 0.192. The molecule has 0 saturated carbocycles. The van der Waals surface area contributed by atoms with Gasteiger partial charge in [-0.1, -0.05) is 0 Å². The number of hydrogen-bond acceptors (Lipinski definition) is 4. The Morgan fingerprint density at radius 3 is 2.81 bits per heavy atom. The van der Waals surface area contributed by atoms with E-state index in [2.05, 4.69) is 15.6 Å². The number of hydrogen-bond donors (Lipinski definition) is 3. The number of nitrogens with one attached hydrogen (secondary N) is 2. The van der Waals surface area contributed by atoms with Gasteiger partial charge in [0.2, 0.25) is 0 Å². The van der Waals surface area contributed by atoms with E-state index in [0.29, 0.717) is 19.6 Å². The largest absolute Gasteiger partial charge is 0.392 e. The van der Waals surface area contributed by atoms with Crippen LogP contribution in [0.15, 0.2) is 12.3 Å². The van der Waals surface area contributed by atoms with Crippen LogP contribution in [0.1, 0.15) is 6.92 Å². The molecule has 90 valence electrons. The predicted molar refractivity (Wildman–Crippen MR) is 57.2 cm³/mol. The Morgan fingerprint density at radius 1 is 1.44 bits per heavy atom. The van der Waals surface area contributed by atoms with Gasteiger partial charge >= 0.3 is 0 Å². The Kier molecular flexibility index (Phi) is 5.07. The third-order valence-corrected chi connectivity index (χ3v) is 1.84. The van der Waals surface area contributed by atoms with E-state index in [4.69, 9.17) is 5.11 Å². The molecule has 1 rings (SSSR count). The van der Waals surface area contributed by atoms with Gasteiger partial charge in [0, 0.05) is 25.7 Å². The minimum atomic E-state index is -0.712. The first kappa shape index (κ1) is 12.8. The first-order valence-corrected chi connectivity index (χ1v) is 5.03. The average Bonchev–Trinajstić information content (AvgIpc) is 2.20. The normalized spacial score (nSPS) is 12.5. The zero-order valence-corrected chi connectivity index (χ0v) is 9.00. The van der Waals surface area contributed by atoms with Crippen LogP contribution >= 0.6 is 0 Å². The SMILES string of the molecule is CC(O)CNCCNc1ncc(F)cc1F. The summed E-state index contributed by atoms with van der Waals surface area (Å²) < 4.78 is 25.6. The van der Waals surface area contributed by atoms with Crippen molar-refractivity contribution in [1.29, 1.82) is 0 Å². The van der Waals surface area contributed by atoms with Gasteiger partial charge in [0.1, 0.15) is 5.82 Å². The van der Waals surface area contributed by atoms with Crippen molar-refractivity contribution in [2.75, 3.05) is 25.0 Å². The number of pyridine rings is 1. The maximum absolute atomic E-state index is 13.1. The molecule has 0 spiro atoms. The molecule has 1 aromatic heterocycles. The fourth-order valence-corrected chi connectivity index (χ4v) is 1.12. The summed E-state index contributed by atoms with van der Waals surface area (Å²) in [4.78, 5) is 3.57. The van der Waals surface area contributed by atoms with Gasteiger partial charge in [0.15, 0.2) is 11.6 Å². The molecule has 0 fully saturated rings. The van der Waals surface area contributed by atoms with Crippen LogP contribution in [0.3, 0.4) is 0 Å². The molecular formula is C10H15F2N3O. The van der Waals surface area contributed by atoms with Crippen molar-refractivity contribution in [2.45, 2.75) is 13.0 Å². The molecule has 0 aliphatic rings. The van der Waals surface area contributed by atoms with E-state index in [0.717, 1.165) is 12.3 Å². The van der Waals surface area contributed by atoms with Gasteiger partial charge in [-0.05, 0) is 6.92 Å². The van der Waals surface area contributed by atoms with Crippen molar-refractivity contribution in [3.8, 4) is 0 Å². The van der Waals surface area contributed by atoms with Crippen LogP contribution in [0.25, 0.3) is 0 Å². The lowest BCUT2D eigenvalue weighted by atomic mass is 10.4. The maximum Gasteiger partial charge on any atom is 0.168 e. The highest BCUT2D eigenvalue weighted by atomic mass is 19.1. The molecule has 6 heteroatoms. The van der Waals surface area contributed by atoms with Crippen molar-refractivity contribution in [2.24, 2.45) is 0 Å². The molecule has 1 heterocycles. The van der Waals surface area contributed by atoms with Crippen LogP contribution in [-0.4, -0.2) is 35.8 Å². The topological polar surface area (TPSA) is 57.2 Å². The molecule has 1 aromatic rings. The van der Waals surface area contributed by atoms with Gasteiger partial charge in [0.05, 0.1) is 12.3 Å². The Hall–Kier alpha value is -1.27. The smallest absolute Gasteiger partial charge is 0.168 e. The van der Waals surface area contributed by atoms with Crippen molar-refractivity contribution in [1.82, 2.24) is 10.3 Å². The lowest BCUT2D eigenvalue weighted by Crippen LogP contribution is -2.29. The second-order valence-electron chi connectivity index (χ2n) is 3.46. The van der Waals surface area contributed by atoms with Crippen LogP contribution in [0.2, 0.25) is 0 Å². The summed E-state index contributed by atoms with van der Waals surface area (Å²) >= 11 is 0. The molecule has 3 N–H and O–H groups in total. The van der Waals surface area contributed by atoms with Crippen LogP contribution < -0.4 is 10.6 Å². The fraction of sp³-hybridized carbons (Fsp3) is 0.500. The second kappa shape index (κ2) is 6.34. The summed E-state index contributed by atoms with van der Waals surface area (Å²) in [6.45, 7) is 3.15. The minimum Gasteiger partial charge on any atom is -0.392 e. The van der Waals surface area contributed by atoms with Gasteiger partial charge in [-0.25, -0.2) is 13.8 Å². The minimum absolute atomic E-state index is 0.0280. The number of aliphatic hydroxyl groups is 1. The van der Waals surface area contributed by atoms with E-state index in [-0.39, 0.29) is 5.82 Å². The van der Waals surface area contributed by atoms with Crippen molar-refractivity contribution >= 4 is 5.82 Å². The summed E-state index contributed by atoms with van der Waals surface area (Å²) in [5.74, 6) is -1.38. The van der Waals surface area contributed by atoms with E-state index in [1.54, 1.807) is 6.92 Å². The Morgan fingerprint density at radius 2 is 2.19 bits per heavy atom. The quantitative estimate of drug-likeness (QED) is 0.632. The molecule has 1 unspecified atom stereocenters. The summed E-state index contributed by atoms with van der Waals surface area (Å²) in [6.07, 6.45) is 0.537. The predicted octanol–water partition coefficient (Wildman–Crippen LogP) is 0.742. The van der Waals surface area contributed by atoms with Gasteiger partial charge in [-0.3, -0.25) is 0 Å². The van der Waals surface area contributed by atoms with Crippen molar-refractivity contribution < 1.29 is 13.9 Å². The molecule has 0 aliphatic heterocycles. The second-order valence-corrected chi connectivity index (χ2v) is 3.46. The van der Waals surface area contributed by atoms with E-state index in [1.807, 2.05) is 0 Å². The van der Waals surface area contributed by atoms with Gasteiger partial charge < -0.3 is 15.7 Å². The molecule has 16 heavy (non-hydrogen) atoms. The first-order chi connectivity index (χ1) is 7.59. The summed E-state index contributed by atoms with van der Waals surface area (Å²) in [7, 11) is 0. The summed E-state index contributed by atoms with van der Waals surface area (Å²) in [5, 5.41) is 14.6. The van der Waals surface area contributed by atoms with Gasteiger partial charge in [-0.15, -0.1) is 0 Å². The number of rotatable bonds is 6. The Balaban J connectivity index is 2.27. The molecule has 0 saturated heterocycles. The number of halogens is 2. The highest BCUT2D eigenvalue weighted by Gasteiger charge is 2.03. The van der Waals surface area contributed by atoms with Crippen LogP contribution in [-0.2, 0) is 0 Å². The van der Waals surface area contributed by atoms with E-state index in [1.165, 1.54) is 0 Å². The highest BCUT2D eigenvalue weighted by molar-refractivity contribution is 5.35.